The van der Waals surface area contributed by atoms with E-state index in [4.69, 9.17) is 9.57 Å². The number of benzene rings is 2. The predicted molar refractivity (Wildman–Crippen MR) is 108 cm³/mol. The van der Waals surface area contributed by atoms with Crippen LogP contribution in [0.3, 0.4) is 0 Å². The Kier molecular flexibility index (Phi) is 5.76. The zero-order valence-electron chi connectivity index (χ0n) is 16.4. The first-order chi connectivity index (χ1) is 13.8. The SMILES string of the molecule is CON1CC(CCN2CCOCC2)C(c2ccccc2)(c2ccccc2)C1=O. The molecule has 0 saturated carbocycles. The van der Waals surface area contributed by atoms with Crippen LogP contribution < -0.4 is 0 Å². The van der Waals surface area contributed by atoms with E-state index >= 15 is 0 Å². The fourth-order valence-electron chi connectivity index (χ4n) is 4.71. The molecule has 0 radical (unpaired) electrons. The highest BCUT2D eigenvalue weighted by Crippen LogP contribution is 2.47. The van der Waals surface area contributed by atoms with E-state index in [-0.39, 0.29) is 11.8 Å². The standard InChI is InChI=1S/C23H28N2O3/c1-27-25-18-21(12-13-24-14-16-28-17-15-24)23(22(25)26,19-8-4-2-5-9-19)20-10-6-3-7-11-20/h2-11,21H,12-18H2,1H3. The molecular weight excluding hydrogens is 352 g/mol. The molecule has 0 spiro atoms. The van der Waals surface area contributed by atoms with E-state index in [1.807, 2.05) is 36.4 Å². The number of amides is 1. The number of carbonyl (C=O) groups excluding carboxylic acids is 1. The van der Waals surface area contributed by atoms with Crippen LogP contribution in [0.1, 0.15) is 17.5 Å². The van der Waals surface area contributed by atoms with Crippen molar-refractivity contribution in [3.8, 4) is 0 Å². The highest BCUT2D eigenvalue weighted by Gasteiger charge is 2.56. The number of hydrogen-bond acceptors (Lipinski definition) is 4. The lowest BCUT2D eigenvalue weighted by Gasteiger charge is -2.35. The molecule has 1 unspecified atom stereocenters. The molecule has 28 heavy (non-hydrogen) atoms. The summed E-state index contributed by atoms with van der Waals surface area (Å²) in [4.78, 5) is 21.6. The molecular formula is C23H28N2O3. The van der Waals surface area contributed by atoms with Crippen LogP contribution in [-0.2, 0) is 19.8 Å². The van der Waals surface area contributed by atoms with Crippen molar-refractivity contribution in [3.05, 3.63) is 71.8 Å². The van der Waals surface area contributed by atoms with Crippen LogP contribution >= 0.6 is 0 Å². The van der Waals surface area contributed by atoms with Crippen LogP contribution in [0.4, 0.5) is 0 Å². The molecule has 2 aromatic rings. The lowest BCUT2D eigenvalue weighted by atomic mass is 9.66. The van der Waals surface area contributed by atoms with Crippen molar-refractivity contribution >= 4 is 5.91 Å². The maximum atomic E-state index is 13.7. The molecule has 2 aliphatic heterocycles. The number of rotatable bonds is 6. The topological polar surface area (TPSA) is 42.0 Å². The molecule has 0 aromatic heterocycles. The van der Waals surface area contributed by atoms with Crippen molar-refractivity contribution in [2.75, 3.05) is 46.5 Å². The second kappa shape index (κ2) is 8.43. The first-order valence-electron chi connectivity index (χ1n) is 10.0. The van der Waals surface area contributed by atoms with Gasteiger partial charge in [0.05, 0.1) is 26.9 Å². The van der Waals surface area contributed by atoms with Crippen molar-refractivity contribution < 1.29 is 14.4 Å². The molecule has 2 fully saturated rings. The summed E-state index contributed by atoms with van der Waals surface area (Å²) in [6.07, 6.45) is 0.926. The fourth-order valence-corrected chi connectivity index (χ4v) is 4.71. The zero-order chi connectivity index (χ0) is 19.4. The van der Waals surface area contributed by atoms with E-state index in [0.717, 1.165) is 50.4 Å². The first kappa shape index (κ1) is 19.1. The van der Waals surface area contributed by atoms with Crippen molar-refractivity contribution in [3.63, 3.8) is 0 Å². The Labute approximate surface area is 166 Å². The number of carbonyl (C=O) groups is 1. The number of hydroxylamine groups is 2. The fraction of sp³-hybridized carbons (Fsp3) is 0.435. The van der Waals surface area contributed by atoms with Gasteiger partial charge in [-0.25, -0.2) is 5.06 Å². The molecule has 2 heterocycles. The number of nitrogens with zero attached hydrogens (tertiary/aromatic N) is 2. The van der Waals surface area contributed by atoms with Crippen molar-refractivity contribution in [2.24, 2.45) is 5.92 Å². The molecule has 5 heteroatoms. The lowest BCUT2D eigenvalue weighted by Crippen LogP contribution is -2.43. The summed E-state index contributed by atoms with van der Waals surface area (Å²) >= 11 is 0. The highest BCUT2D eigenvalue weighted by atomic mass is 16.7. The van der Waals surface area contributed by atoms with E-state index in [0.29, 0.717) is 6.54 Å². The van der Waals surface area contributed by atoms with Gasteiger partial charge in [-0.15, -0.1) is 0 Å². The van der Waals surface area contributed by atoms with Gasteiger partial charge in [-0.1, -0.05) is 60.7 Å². The largest absolute Gasteiger partial charge is 0.379 e. The molecule has 1 amide bonds. The minimum Gasteiger partial charge on any atom is -0.379 e. The Hall–Kier alpha value is -2.21. The van der Waals surface area contributed by atoms with Gasteiger partial charge in [0.2, 0.25) is 0 Å². The number of morpholine rings is 1. The minimum absolute atomic E-state index is 0.0272. The lowest BCUT2D eigenvalue weighted by molar-refractivity contribution is -0.170. The van der Waals surface area contributed by atoms with Crippen LogP contribution in [0, 0.1) is 5.92 Å². The summed E-state index contributed by atoms with van der Waals surface area (Å²) in [5.41, 5.74) is 1.36. The third kappa shape index (κ3) is 3.34. The Bertz CT molecular complexity index is 735. The van der Waals surface area contributed by atoms with Gasteiger partial charge in [-0.3, -0.25) is 14.5 Å². The average molecular weight is 380 g/mol. The highest BCUT2D eigenvalue weighted by molar-refractivity contribution is 5.94. The van der Waals surface area contributed by atoms with Crippen molar-refractivity contribution in [1.82, 2.24) is 9.96 Å². The molecule has 2 aromatic carbocycles. The third-order valence-corrected chi connectivity index (χ3v) is 6.14. The van der Waals surface area contributed by atoms with Gasteiger partial charge < -0.3 is 4.74 Å². The number of hydrogen-bond donors (Lipinski definition) is 0. The molecule has 5 nitrogen and oxygen atoms in total. The van der Waals surface area contributed by atoms with E-state index in [1.54, 1.807) is 12.2 Å². The zero-order valence-corrected chi connectivity index (χ0v) is 16.4. The summed E-state index contributed by atoms with van der Waals surface area (Å²) < 4.78 is 5.48. The Balaban J connectivity index is 1.74. The minimum atomic E-state index is -0.717. The normalized spacial score (nSPS) is 22.5. The number of ether oxygens (including phenoxy) is 1. The Morgan fingerprint density at radius 2 is 1.57 bits per heavy atom. The van der Waals surface area contributed by atoms with E-state index < -0.39 is 5.41 Å². The van der Waals surface area contributed by atoms with Gasteiger partial charge in [0.15, 0.2) is 0 Å². The van der Waals surface area contributed by atoms with E-state index in [9.17, 15) is 4.79 Å². The average Bonchev–Trinajstić information content (AvgIpc) is 3.06. The summed E-state index contributed by atoms with van der Waals surface area (Å²) in [7, 11) is 1.59. The van der Waals surface area contributed by atoms with Crippen LogP contribution in [0.5, 0.6) is 0 Å². The van der Waals surface area contributed by atoms with Gasteiger partial charge >= 0.3 is 0 Å². The second-order valence-electron chi connectivity index (χ2n) is 7.53. The molecule has 0 N–H and O–H groups in total. The molecule has 148 valence electrons. The monoisotopic (exact) mass is 380 g/mol. The maximum absolute atomic E-state index is 13.7. The smallest absolute Gasteiger partial charge is 0.261 e. The summed E-state index contributed by atoms with van der Waals surface area (Å²) in [6.45, 7) is 5.05. The van der Waals surface area contributed by atoms with E-state index in [1.165, 1.54) is 0 Å². The predicted octanol–water partition coefficient (Wildman–Crippen LogP) is 2.71. The van der Waals surface area contributed by atoms with Crippen molar-refractivity contribution in [1.29, 1.82) is 0 Å². The molecule has 2 saturated heterocycles. The van der Waals surface area contributed by atoms with Crippen LogP contribution in [0.25, 0.3) is 0 Å². The first-order valence-corrected chi connectivity index (χ1v) is 10.0. The summed E-state index contributed by atoms with van der Waals surface area (Å²) in [6, 6.07) is 20.4. The Morgan fingerprint density at radius 3 is 2.11 bits per heavy atom. The van der Waals surface area contributed by atoms with Gasteiger partial charge in [0.25, 0.3) is 5.91 Å². The van der Waals surface area contributed by atoms with Crippen LogP contribution in [0.15, 0.2) is 60.7 Å². The van der Waals surface area contributed by atoms with E-state index in [2.05, 4.69) is 29.2 Å². The quantitative estimate of drug-likeness (QED) is 0.773. The van der Waals surface area contributed by atoms with Crippen LogP contribution in [-0.4, -0.2) is 62.4 Å². The molecule has 0 aliphatic carbocycles. The second-order valence-corrected chi connectivity index (χ2v) is 7.53. The van der Waals surface area contributed by atoms with Crippen LogP contribution in [0.2, 0.25) is 0 Å². The maximum Gasteiger partial charge on any atom is 0.261 e. The van der Waals surface area contributed by atoms with Crippen molar-refractivity contribution in [2.45, 2.75) is 11.8 Å². The molecule has 2 aliphatic rings. The van der Waals surface area contributed by atoms with Gasteiger partial charge in [0, 0.05) is 19.0 Å². The molecule has 0 bridgehead atoms. The Morgan fingerprint density at radius 1 is 1.00 bits per heavy atom. The summed E-state index contributed by atoms with van der Waals surface area (Å²) in [5.74, 6) is 0.159. The van der Waals surface area contributed by atoms with Gasteiger partial charge in [-0.2, -0.15) is 0 Å². The van der Waals surface area contributed by atoms with Gasteiger partial charge in [0.1, 0.15) is 5.41 Å². The molecule has 4 rings (SSSR count). The summed E-state index contributed by atoms with van der Waals surface area (Å²) in [5, 5.41) is 1.55. The molecule has 1 atom stereocenters. The van der Waals surface area contributed by atoms with Gasteiger partial charge in [-0.05, 0) is 24.1 Å². The third-order valence-electron chi connectivity index (χ3n) is 6.14.